The minimum atomic E-state index is -0.348. The summed E-state index contributed by atoms with van der Waals surface area (Å²) in [6, 6.07) is 3.73. The van der Waals surface area contributed by atoms with Gasteiger partial charge in [0.15, 0.2) is 5.82 Å². The molecule has 0 aliphatic carbocycles. The predicted octanol–water partition coefficient (Wildman–Crippen LogP) is 3.66. The van der Waals surface area contributed by atoms with Crippen LogP contribution in [0.5, 0.6) is 5.75 Å². The van der Waals surface area contributed by atoms with Crippen molar-refractivity contribution in [2.24, 2.45) is 0 Å². The number of benzene rings is 1. The van der Waals surface area contributed by atoms with Crippen molar-refractivity contribution in [1.29, 1.82) is 0 Å². The molecule has 2 heterocycles. The zero-order valence-corrected chi connectivity index (χ0v) is 19.4. The molecular weight excluding hydrogens is 398 g/mol. The molecule has 0 spiro atoms. The Morgan fingerprint density at radius 1 is 1.20 bits per heavy atom. The molecule has 0 bridgehead atoms. The monoisotopic (exact) mass is 429 g/mol. The van der Waals surface area contributed by atoms with Gasteiger partial charge in [-0.15, -0.1) is 16.9 Å². The summed E-state index contributed by atoms with van der Waals surface area (Å²) in [7, 11) is 0. The van der Waals surface area contributed by atoms with Crippen molar-refractivity contribution >= 4 is 24.1 Å². The van der Waals surface area contributed by atoms with Crippen LogP contribution >= 0.6 is 11.8 Å². The van der Waals surface area contributed by atoms with E-state index in [-0.39, 0.29) is 16.9 Å². The molecule has 30 heavy (non-hydrogen) atoms. The van der Waals surface area contributed by atoms with E-state index in [0.717, 1.165) is 40.2 Å². The van der Waals surface area contributed by atoms with Crippen LogP contribution in [0, 0.1) is 0 Å². The number of aromatic hydroxyl groups is 1. The Bertz CT molecular complexity index is 891. The molecular formula is C22H31N5O2S. The van der Waals surface area contributed by atoms with Gasteiger partial charge in [-0.25, -0.2) is 5.10 Å². The molecule has 1 atom stereocenters. The molecule has 1 fully saturated rings. The molecule has 7 nitrogen and oxygen atoms in total. The fourth-order valence-corrected chi connectivity index (χ4v) is 4.78. The lowest BCUT2D eigenvalue weighted by molar-refractivity contribution is -0.111. The largest absolute Gasteiger partial charge is 0.507 e. The normalized spacial score (nSPS) is 19.9. The highest BCUT2D eigenvalue weighted by molar-refractivity contribution is 8.03. The summed E-state index contributed by atoms with van der Waals surface area (Å²) >= 11 is 1.70. The summed E-state index contributed by atoms with van der Waals surface area (Å²) in [5.41, 5.74) is 2.42. The van der Waals surface area contributed by atoms with Gasteiger partial charge in [0.25, 0.3) is 0 Å². The lowest BCUT2D eigenvalue weighted by Gasteiger charge is -2.33. The van der Waals surface area contributed by atoms with Gasteiger partial charge in [0.05, 0.1) is 12.6 Å². The number of carbonyl (C=O) groups excluding carboxylic acids is 1. The van der Waals surface area contributed by atoms with Crippen LogP contribution < -0.4 is 0 Å². The Morgan fingerprint density at radius 3 is 2.33 bits per heavy atom. The molecule has 2 N–H and O–H groups in total. The number of rotatable bonds is 4. The van der Waals surface area contributed by atoms with Crippen LogP contribution in [0.2, 0.25) is 0 Å². The zero-order valence-electron chi connectivity index (χ0n) is 18.6. The van der Waals surface area contributed by atoms with Gasteiger partial charge in [0.2, 0.25) is 0 Å². The highest BCUT2D eigenvalue weighted by atomic mass is 32.2. The maximum Gasteiger partial charge on any atom is 0.162 e. The van der Waals surface area contributed by atoms with Crippen molar-refractivity contribution in [3.63, 3.8) is 0 Å². The maximum atomic E-state index is 12.0. The third-order valence-electron chi connectivity index (χ3n) is 5.26. The van der Waals surface area contributed by atoms with E-state index in [0.29, 0.717) is 18.1 Å². The first-order valence-corrected chi connectivity index (χ1v) is 11.1. The minimum Gasteiger partial charge on any atom is -0.507 e. The molecule has 0 saturated carbocycles. The van der Waals surface area contributed by atoms with Gasteiger partial charge >= 0.3 is 0 Å². The lowest BCUT2D eigenvalue weighted by atomic mass is 9.78. The van der Waals surface area contributed by atoms with Gasteiger partial charge in [-0.3, -0.25) is 4.90 Å². The van der Waals surface area contributed by atoms with Gasteiger partial charge < -0.3 is 9.90 Å². The Kier molecular flexibility index (Phi) is 6.38. The SMILES string of the molecule is CC(C)(C)c1cc(C=C2SCCN(Cc3nnn[nH]3)C2C=O)cc(C(C)(C)C)c1O. The first kappa shape index (κ1) is 22.5. The molecule has 1 aliphatic heterocycles. The summed E-state index contributed by atoms with van der Waals surface area (Å²) < 4.78 is 0. The van der Waals surface area contributed by atoms with Crippen LogP contribution in [0.15, 0.2) is 17.0 Å². The number of carbonyl (C=O) groups is 1. The van der Waals surface area contributed by atoms with Crippen LogP contribution in [-0.4, -0.2) is 55.3 Å². The number of nitrogens with one attached hydrogen (secondary N) is 1. The highest BCUT2D eigenvalue weighted by Gasteiger charge is 2.29. The second kappa shape index (κ2) is 8.51. The van der Waals surface area contributed by atoms with Gasteiger partial charge in [-0.1, -0.05) is 41.5 Å². The third-order valence-corrected chi connectivity index (χ3v) is 6.34. The van der Waals surface area contributed by atoms with Crippen LogP contribution in [0.4, 0.5) is 0 Å². The molecule has 3 rings (SSSR count). The average Bonchev–Trinajstić information content (AvgIpc) is 3.14. The van der Waals surface area contributed by atoms with E-state index < -0.39 is 0 Å². The van der Waals surface area contributed by atoms with E-state index in [1.807, 2.05) is 12.1 Å². The lowest BCUT2D eigenvalue weighted by Crippen LogP contribution is -2.41. The van der Waals surface area contributed by atoms with Crippen LogP contribution in [-0.2, 0) is 22.2 Å². The topological polar surface area (TPSA) is 95.0 Å². The number of thioether (sulfide) groups is 1. The number of tetrazole rings is 1. The number of H-pyrrole nitrogens is 1. The number of aromatic amines is 1. The van der Waals surface area contributed by atoms with Crippen molar-refractivity contribution in [2.75, 3.05) is 12.3 Å². The molecule has 0 radical (unpaired) electrons. The summed E-state index contributed by atoms with van der Waals surface area (Å²) in [6.07, 6.45) is 3.07. The molecule has 1 aromatic carbocycles. The Labute approximate surface area is 182 Å². The Hall–Kier alpha value is -2.19. The number of nitrogens with zero attached hydrogens (tertiary/aromatic N) is 4. The fourth-order valence-electron chi connectivity index (χ4n) is 3.63. The Balaban J connectivity index is 2.02. The predicted molar refractivity (Wildman–Crippen MR) is 120 cm³/mol. The van der Waals surface area contributed by atoms with Gasteiger partial charge in [-0.05, 0) is 45.0 Å². The zero-order chi connectivity index (χ0) is 22.1. The van der Waals surface area contributed by atoms with E-state index in [1.165, 1.54) is 0 Å². The van der Waals surface area contributed by atoms with Crippen LogP contribution in [0.1, 0.15) is 64.1 Å². The van der Waals surface area contributed by atoms with Gasteiger partial charge in [-0.2, -0.15) is 0 Å². The molecule has 0 amide bonds. The number of aromatic nitrogens is 4. The Morgan fingerprint density at radius 2 is 1.83 bits per heavy atom. The van der Waals surface area contributed by atoms with E-state index in [4.69, 9.17) is 0 Å². The molecule has 8 heteroatoms. The molecule has 1 aromatic heterocycles. The maximum absolute atomic E-state index is 12.0. The first-order chi connectivity index (χ1) is 14.0. The molecule has 162 valence electrons. The summed E-state index contributed by atoms with van der Waals surface area (Å²) in [5.74, 6) is 1.89. The second-order valence-electron chi connectivity index (χ2n) is 9.76. The summed E-state index contributed by atoms with van der Waals surface area (Å²) in [6.45, 7) is 13.9. The fraction of sp³-hybridized carbons (Fsp3) is 0.545. The second-order valence-corrected chi connectivity index (χ2v) is 10.9. The van der Waals surface area contributed by atoms with Gasteiger partial charge in [0, 0.05) is 28.3 Å². The number of hydrogen-bond acceptors (Lipinski definition) is 7. The van der Waals surface area contributed by atoms with E-state index in [2.05, 4.69) is 73.1 Å². The standard InChI is InChI=1S/C22H31N5O2S/c1-21(2,3)15-9-14(10-16(20(15)29)22(4,5)6)11-18-17(13-28)27(7-8-30-18)12-19-23-25-26-24-19/h9-11,13,17,29H,7-8,12H2,1-6H3,(H,23,24,25,26). The number of aldehydes is 1. The quantitative estimate of drug-likeness (QED) is 0.716. The third kappa shape index (κ3) is 4.92. The highest BCUT2D eigenvalue weighted by Crippen LogP contribution is 2.41. The van der Waals surface area contributed by atoms with E-state index in [1.54, 1.807) is 11.8 Å². The number of phenolic OH excluding ortho intramolecular Hbond substituents is 1. The summed E-state index contributed by atoms with van der Waals surface area (Å²) in [5, 5.41) is 24.9. The van der Waals surface area contributed by atoms with Crippen LogP contribution in [0.3, 0.4) is 0 Å². The average molecular weight is 430 g/mol. The van der Waals surface area contributed by atoms with E-state index in [9.17, 15) is 9.90 Å². The minimum absolute atomic E-state index is 0.201. The molecule has 1 saturated heterocycles. The summed E-state index contributed by atoms with van der Waals surface area (Å²) in [4.78, 5) is 15.1. The molecule has 1 unspecified atom stereocenters. The van der Waals surface area contributed by atoms with Crippen molar-refractivity contribution in [2.45, 2.75) is 65.0 Å². The van der Waals surface area contributed by atoms with E-state index >= 15 is 0 Å². The molecule has 1 aliphatic rings. The first-order valence-electron chi connectivity index (χ1n) is 10.1. The van der Waals surface area contributed by atoms with Crippen LogP contribution in [0.25, 0.3) is 6.08 Å². The van der Waals surface area contributed by atoms with Crippen molar-refractivity contribution in [3.8, 4) is 5.75 Å². The van der Waals surface area contributed by atoms with Gasteiger partial charge in [0.1, 0.15) is 12.0 Å². The number of hydrogen-bond donors (Lipinski definition) is 2. The number of phenols is 1. The van der Waals surface area contributed by atoms with Crippen molar-refractivity contribution in [1.82, 2.24) is 25.5 Å². The van der Waals surface area contributed by atoms with Crippen molar-refractivity contribution < 1.29 is 9.90 Å². The molecule has 2 aromatic rings. The van der Waals surface area contributed by atoms with Crippen molar-refractivity contribution in [3.05, 3.63) is 39.6 Å². The smallest absolute Gasteiger partial charge is 0.162 e.